The molecular formula is C16H25NO4S3. The number of carbonyl (C=O) groups is 1. The minimum absolute atomic E-state index is 0.0602. The molecule has 1 atom stereocenters. The molecule has 8 heteroatoms. The monoisotopic (exact) mass is 391 g/mol. The van der Waals surface area contributed by atoms with Gasteiger partial charge in [0.15, 0.2) is 0 Å². The van der Waals surface area contributed by atoms with Gasteiger partial charge in [0, 0.05) is 31.9 Å². The predicted molar refractivity (Wildman–Crippen MR) is 106 cm³/mol. The molecule has 5 nitrogen and oxygen atoms in total. The van der Waals surface area contributed by atoms with Crippen LogP contribution in [0, 0.1) is 0 Å². The van der Waals surface area contributed by atoms with Crippen molar-refractivity contribution < 1.29 is 19.0 Å². The van der Waals surface area contributed by atoms with Crippen molar-refractivity contribution in [1.82, 2.24) is 0 Å². The fourth-order valence-electron chi connectivity index (χ4n) is 1.88. The van der Waals surface area contributed by atoms with Gasteiger partial charge in [-0.15, -0.1) is 21.9 Å². The van der Waals surface area contributed by atoms with Crippen molar-refractivity contribution in [2.24, 2.45) is 0 Å². The second-order valence-electron chi connectivity index (χ2n) is 5.48. The number of ether oxygens (including phenoxy) is 3. The number of thiol groups is 1. The number of hydrogen-bond acceptors (Lipinski definition) is 6. The molecule has 0 saturated carbocycles. The highest BCUT2D eigenvalue weighted by Gasteiger charge is 2.32. The smallest absolute Gasteiger partial charge is 0.211 e. The Morgan fingerprint density at radius 2 is 1.79 bits per heavy atom. The van der Waals surface area contributed by atoms with E-state index in [-0.39, 0.29) is 11.7 Å². The summed E-state index contributed by atoms with van der Waals surface area (Å²) in [4.78, 5) is 10.5. The lowest BCUT2D eigenvalue weighted by Crippen LogP contribution is -2.07. The van der Waals surface area contributed by atoms with Crippen LogP contribution in [0.4, 0.5) is 5.69 Å². The molecule has 1 heterocycles. The van der Waals surface area contributed by atoms with E-state index < -0.39 is 9.25 Å². The Kier molecular flexibility index (Phi) is 8.61. The van der Waals surface area contributed by atoms with E-state index in [4.69, 9.17) is 14.2 Å². The molecule has 0 amide bonds. The minimum Gasteiger partial charge on any atom is -0.494 e. The fraction of sp³-hybridized carbons (Fsp3) is 0.562. The van der Waals surface area contributed by atoms with Crippen molar-refractivity contribution >= 4 is 43.5 Å². The van der Waals surface area contributed by atoms with Gasteiger partial charge in [-0.3, -0.25) is 4.79 Å². The Balaban J connectivity index is 1.45. The molecule has 1 aliphatic heterocycles. The second-order valence-corrected chi connectivity index (χ2v) is 12.3. The summed E-state index contributed by atoms with van der Waals surface area (Å²) in [6.07, 6.45) is 3.90. The maximum atomic E-state index is 10.5. The molecule has 1 saturated heterocycles. The second kappa shape index (κ2) is 10.5. The zero-order valence-corrected chi connectivity index (χ0v) is 16.4. The lowest BCUT2D eigenvalue weighted by Gasteiger charge is -2.16. The average molecular weight is 392 g/mol. The summed E-state index contributed by atoms with van der Waals surface area (Å²) in [5.41, 5.74) is 1.16. The quantitative estimate of drug-likeness (QED) is 0.231. The molecule has 1 unspecified atom stereocenters. The van der Waals surface area contributed by atoms with Crippen LogP contribution >= 0.6 is 32.7 Å². The lowest BCUT2D eigenvalue weighted by molar-refractivity contribution is -0.115. The normalized spacial score (nSPS) is 21.8. The van der Waals surface area contributed by atoms with E-state index in [0.717, 1.165) is 24.3 Å². The van der Waals surface area contributed by atoms with E-state index in [1.54, 1.807) is 0 Å². The molecule has 0 radical (unpaired) electrons. The van der Waals surface area contributed by atoms with Crippen molar-refractivity contribution in [2.75, 3.05) is 49.1 Å². The van der Waals surface area contributed by atoms with Crippen LogP contribution in [0.2, 0.25) is 0 Å². The van der Waals surface area contributed by atoms with Crippen molar-refractivity contribution in [3.8, 4) is 5.75 Å². The highest BCUT2D eigenvalue weighted by atomic mass is 33.2. The van der Waals surface area contributed by atoms with Crippen molar-refractivity contribution in [1.29, 1.82) is 0 Å². The Bertz CT molecular complexity index is 509. The van der Waals surface area contributed by atoms with Crippen LogP contribution in [0.15, 0.2) is 24.3 Å². The van der Waals surface area contributed by atoms with Crippen LogP contribution < -0.4 is 9.46 Å². The Morgan fingerprint density at radius 1 is 1.17 bits per heavy atom. The van der Waals surface area contributed by atoms with Gasteiger partial charge in [-0.1, -0.05) is 10.8 Å². The molecule has 0 bridgehead atoms. The maximum absolute atomic E-state index is 10.5. The number of anilines is 1. The Morgan fingerprint density at radius 3 is 2.42 bits per heavy atom. The van der Waals surface area contributed by atoms with Crippen LogP contribution in [0.1, 0.15) is 12.8 Å². The van der Waals surface area contributed by atoms with E-state index in [9.17, 15) is 4.79 Å². The van der Waals surface area contributed by atoms with Gasteiger partial charge in [0.2, 0.25) is 5.12 Å². The molecule has 2 rings (SSSR count). The number of hydrogen-bond donors (Lipinski definition) is 2. The molecule has 0 aliphatic carbocycles. The van der Waals surface area contributed by atoms with E-state index in [1.807, 2.05) is 22.9 Å². The molecule has 1 aliphatic rings. The summed E-state index contributed by atoms with van der Waals surface area (Å²) in [7, 11) is 1.40. The fourth-order valence-corrected chi connectivity index (χ4v) is 5.24. The third-order valence-corrected chi connectivity index (χ3v) is 7.98. The van der Waals surface area contributed by atoms with Gasteiger partial charge in [-0.2, -0.15) is 0 Å². The highest BCUT2D eigenvalue weighted by molar-refractivity contribution is 9.08. The Hall–Kier alpha value is -0.540. The first-order valence-electron chi connectivity index (χ1n) is 7.86. The van der Waals surface area contributed by atoms with Crippen LogP contribution in [0.3, 0.4) is 0 Å². The molecule has 1 N–H and O–H groups in total. The molecular weight excluding hydrogens is 366 g/mol. The van der Waals surface area contributed by atoms with Crippen LogP contribution in [0.25, 0.3) is 0 Å². The summed E-state index contributed by atoms with van der Waals surface area (Å²) in [5, 5.41) is 0.990. The molecule has 1 fully saturated rings. The minimum atomic E-state index is -0.600. The van der Waals surface area contributed by atoms with Gasteiger partial charge in [0.25, 0.3) is 0 Å². The van der Waals surface area contributed by atoms with Gasteiger partial charge in [-0.05, 0) is 36.9 Å². The van der Waals surface area contributed by atoms with E-state index in [2.05, 4.69) is 35.7 Å². The topological polar surface area (TPSA) is 56.8 Å². The summed E-state index contributed by atoms with van der Waals surface area (Å²) in [5.74, 6) is 0.883. The summed E-state index contributed by atoms with van der Waals surface area (Å²) in [6, 6.07) is 8.13. The Labute approximate surface area is 154 Å². The lowest BCUT2D eigenvalue weighted by atomic mass is 10.3. The van der Waals surface area contributed by atoms with Gasteiger partial charge in [0.1, 0.15) is 12.4 Å². The van der Waals surface area contributed by atoms with Crippen molar-refractivity contribution in [2.45, 2.75) is 12.8 Å². The van der Waals surface area contributed by atoms with Crippen molar-refractivity contribution in [3.05, 3.63) is 24.3 Å². The summed E-state index contributed by atoms with van der Waals surface area (Å²) in [6.45, 7) is 2.49. The predicted octanol–water partition coefficient (Wildman–Crippen LogP) is 3.72. The first-order chi connectivity index (χ1) is 11.6. The van der Waals surface area contributed by atoms with Crippen molar-refractivity contribution in [3.63, 3.8) is 0 Å². The molecule has 1 aromatic rings. The summed E-state index contributed by atoms with van der Waals surface area (Å²) < 4.78 is 19.8. The molecule has 1 aromatic carbocycles. The van der Waals surface area contributed by atoms with E-state index >= 15 is 0 Å². The number of nitrogens with one attached hydrogen (secondary N) is 1. The first kappa shape index (κ1) is 19.8. The zero-order chi connectivity index (χ0) is 17.3. The number of carbonyl (C=O) groups excluding carboxylic acids is 1. The van der Waals surface area contributed by atoms with Crippen LogP contribution in [-0.2, 0) is 14.3 Å². The largest absolute Gasteiger partial charge is 0.494 e. The first-order valence-corrected chi connectivity index (χ1v) is 12.0. The molecule has 136 valence electrons. The van der Waals surface area contributed by atoms with Crippen LogP contribution in [-0.4, -0.2) is 49.5 Å². The number of rotatable bonds is 13. The standard InChI is InChI=1S/C16H25NO4S3/c1-24(13-23-24)17-14-4-6-15(7-5-14)21-11-3-9-19-8-2-10-20-12-16(18)22/h4-7,17H,2-3,8-13H2,1H3,(H,18,22). The third-order valence-electron chi connectivity index (χ3n) is 3.16. The molecule has 0 aromatic heterocycles. The average Bonchev–Trinajstić information content (AvgIpc) is 3.27. The zero-order valence-electron chi connectivity index (χ0n) is 13.9. The van der Waals surface area contributed by atoms with E-state index in [1.165, 1.54) is 5.08 Å². The molecule has 24 heavy (non-hydrogen) atoms. The third kappa shape index (κ3) is 8.53. The van der Waals surface area contributed by atoms with E-state index in [0.29, 0.717) is 26.4 Å². The SMILES string of the molecule is CS1(Nc2ccc(OCCCOCCCOCC(=O)S)cc2)CS1. The highest BCUT2D eigenvalue weighted by Crippen LogP contribution is 2.74. The maximum Gasteiger partial charge on any atom is 0.211 e. The summed E-state index contributed by atoms with van der Waals surface area (Å²) >= 11 is 3.62. The van der Waals surface area contributed by atoms with Gasteiger partial charge >= 0.3 is 0 Å². The molecule has 0 spiro atoms. The van der Waals surface area contributed by atoms with Gasteiger partial charge in [0.05, 0.1) is 11.7 Å². The van der Waals surface area contributed by atoms with Gasteiger partial charge < -0.3 is 18.9 Å². The van der Waals surface area contributed by atoms with Crippen LogP contribution in [0.5, 0.6) is 5.75 Å². The van der Waals surface area contributed by atoms with Gasteiger partial charge in [-0.25, -0.2) is 0 Å². The number of benzene rings is 1.